The Morgan fingerprint density at radius 2 is 2.00 bits per heavy atom. The van der Waals surface area contributed by atoms with Crippen LogP contribution in [0.2, 0.25) is 0 Å². The van der Waals surface area contributed by atoms with Crippen LogP contribution in [0, 0.1) is 0 Å². The molecule has 0 atom stereocenters. The van der Waals surface area contributed by atoms with Crippen LogP contribution >= 0.6 is 22.7 Å². The lowest BCUT2D eigenvalue weighted by Gasteiger charge is -2.34. The van der Waals surface area contributed by atoms with Crippen LogP contribution < -0.4 is 5.56 Å². The summed E-state index contributed by atoms with van der Waals surface area (Å²) in [6.45, 7) is 4.32. The molecule has 1 amide bonds. The summed E-state index contributed by atoms with van der Waals surface area (Å²) in [5.41, 5.74) is 1.17. The summed E-state index contributed by atoms with van der Waals surface area (Å²) in [6.07, 6.45) is 5.26. The molecule has 3 aromatic rings. The van der Waals surface area contributed by atoms with Crippen molar-refractivity contribution in [3.63, 3.8) is 0 Å². The van der Waals surface area contributed by atoms with Gasteiger partial charge in [0.05, 0.1) is 5.39 Å². The van der Waals surface area contributed by atoms with Gasteiger partial charge in [-0.25, -0.2) is 4.98 Å². The van der Waals surface area contributed by atoms with Crippen LogP contribution in [0.1, 0.15) is 40.4 Å². The summed E-state index contributed by atoms with van der Waals surface area (Å²) in [5.74, 6) is 0.787. The number of nitrogens with zero attached hydrogens (tertiary/aromatic N) is 3. The lowest BCUT2D eigenvalue weighted by Crippen LogP contribution is -2.48. The Bertz CT molecular complexity index is 1090. The maximum absolute atomic E-state index is 12.7. The molecule has 1 aliphatic carbocycles. The van der Waals surface area contributed by atoms with Crippen molar-refractivity contribution >= 4 is 38.8 Å². The van der Waals surface area contributed by atoms with Crippen molar-refractivity contribution in [3.8, 4) is 0 Å². The van der Waals surface area contributed by atoms with Gasteiger partial charge >= 0.3 is 0 Å². The highest BCUT2D eigenvalue weighted by atomic mass is 32.1. The predicted molar refractivity (Wildman–Crippen MR) is 121 cm³/mol. The Morgan fingerprint density at radius 1 is 1.17 bits per heavy atom. The Labute approximate surface area is 183 Å². The van der Waals surface area contributed by atoms with Crippen molar-refractivity contribution in [3.05, 3.63) is 49.0 Å². The van der Waals surface area contributed by atoms with E-state index in [0.29, 0.717) is 18.7 Å². The van der Waals surface area contributed by atoms with Crippen molar-refractivity contribution < 1.29 is 4.79 Å². The quantitative estimate of drug-likeness (QED) is 0.659. The molecular weight excluding hydrogens is 416 g/mol. The first-order valence-corrected chi connectivity index (χ1v) is 12.4. The molecule has 30 heavy (non-hydrogen) atoms. The van der Waals surface area contributed by atoms with Crippen LogP contribution in [0.15, 0.2) is 22.3 Å². The second kappa shape index (κ2) is 8.61. The topological polar surface area (TPSA) is 69.3 Å². The Kier molecular flexibility index (Phi) is 5.71. The number of amides is 1. The number of rotatable bonds is 5. The van der Waals surface area contributed by atoms with E-state index < -0.39 is 0 Å². The average molecular weight is 443 g/mol. The third kappa shape index (κ3) is 4.08. The van der Waals surface area contributed by atoms with E-state index in [9.17, 15) is 9.59 Å². The van der Waals surface area contributed by atoms with E-state index in [1.54, 1.807) is 22.7 Å². The number of carbonyl (C=O) groups is 1. The number of nitrogens with one attached hydrogen (secondary N) is 1. The van der Waals surface area contributed by atoms with Crippen LogP contribution in [0.4, 0.5) is 0 Å². The Morgan fingerprint density at radius 3 is 2.80 bits per heavy atom. The lowest BCUT2D eigenvalue weighted by atomic mass is 9.97. The standard InChI is InChI=1S/C22H26N4O2S2/c27-19(26-11-9-25(10-12-26)14-15-4-3-13-29-15)8-7-18-23-21(28)20-16-5-1-2-6-17(16)30-22(20)24-18/h3-4,13H,1-2,5-12,14H2,(H,23,24,28). The molecule has 3 aromatic heterocycles. The average Bonchev–Trinajstić information content (AvgIpc) is 3.40. The molecule has 0 aromatic carbocycles. The Hall–Kier alpha value is -2.03. The maximum atomic E-state index is 12.7. The first-order chi connectivity index (χ1) is 14.7. The minimum Gasteiger partial charge on any atom is -0.340 e. The van der Waals surface area contributed by atoms with E-state index in [-0.39, 0.29) is 11.5 Å². The zero-order valence-corrected chi connectivity index (χ0v) is 18.6. The minimum atomic E-state index is -0.0379. The highest BCUT2D eigenvalue weighted by Gasteiger charge is 2.22. The fourth-order valence-electron chi connectivity index (χ4n) is 4.49. The molecule has 5 rings (SSSR count). The molecule has 1 saturated heterocycles. The van der Waals surface area contributed by atoms with Crippen molar-refractivity contribution in [1.82, 2.24) is 19.8 Å². The number of aryl methyl sites for hydroxylation is 3. The third-order valence-electron chi connectivity index (χ3n) is 6.13. The van der Waals surface area contributed by atoms with Crippen molar-refractivity contribution in [2.45, 2.75) is 45.1 Å². The summed E-state index contributed by atoms with van der Waals surface area (Å²) in [5, 5.41) is 2.89. The van der Waals surface area contributed by atoms with Gasteiger partial charge in [0.2, 0.25) is 5.91 Å². The molecular formula is C22H26N4O2S2. The summed E-state index contributed by atoms with van der Waals surface area (Å²) in [6, 6.07) is 4.25. The minimum absolute atomic E-state index is 0.0379. The number of fused-ring (bicyclic) bond motifs is 3. The van der Waals surface area contributed by atoms with Gasteiger partial charge in [-0.15, -0.1) is 22.7 Å². The summed E-state index contributed by atoms with van der Waals surface area (Å²) >= 11 is 3.44. The number of hydrogen-bond acceptors (Lipinski definition) is 6. The smallest absolute Gasteiger partial charge is 0.259 e. The fraction of sp³-hybridized carbons (Fsp3) is 0.500. The molecule has 6 nitrogen and oxygen atoms in total. The molecule has 4 heterocycles. The summed E-state index contributed by atoms with van der Waals surface area (Å²) in [4.78, 5) is 40.9. The molecule has 1 N–H and O–H groups in total. The van der Waals surface area contributed by atoms with E-state index in [4.69, 9.17) is 4.98 Å². The molecule has 2 aliphatic rings. The number of piperazine rings is 1. The lowest BCUT2D eigenvalue weighted by molar-refractivity contribution is -0.133. The van der Waals surface area contributed by atoms with Gasteiger partial charge in [0.15, 0.2) is 0 Å². The highest BCUT2D eigenvalue weighted by Crippen LogP contribution is 2.33. The van der Waals surface area contributed by atoms with Crippen molar-refractivity contribution in [2.24, 2.45) is 0 Å². The van der Waals surface area contributed by atoms with Crippen LogP contribution in [0.3, 0.4) is 0 Å². The third-order valence-corrected chi connectivity index (χ3v) is 8.18. The van der Waals surface area contributed by atoms with E-state index in [0.717, 1.165) is 62.2 Å². The summed E-state index contributed by atoms with van der Waals surface area (Å²) < 4.78 is 0. The zero-order valence-electron chi connectivity index (χ0n) is 17.0. The van der Waals surface area contributed by atoms with Gasteiger partial charge < -0.3 is 9.88 Å². The molecule has 0 saturated carbocycles. The Balaban J connectivity index is 1.18. The number of H-pyrrole nitrogens is 1. The number of thiophene rings is 2. The predicted octanol–water partition coefficient (Wildman–Crippen LogP) is 3.20. The van der Waals surface area contributed by atoms with E-state index in [1.165, 1.54) is 21.7 Å². The van der Waals surface area contributed by atoms with Crippen molar-refractivity contribution in [1.29, 1.82) is 0 Å². The first kappa shape index (κ1) is 19.9. The van der Waals surface area contributed by atoms with E-state index in [1.807, 2.05) is 4.90 Å². The van der Waals surface area contributed by atoms with Gasteiger partial charge in [-0.1, -0.05) is 6.07 Å². The zero-order chi connectivity index (χ0) is 20.5. The van der Waals surface area contributed by atoms with Gasteiger partial charge in [0.1, 0.15) is 10.7 Å². The van der Waals surface area contributed by atoms with Crippen LogP contribution in [-0.4, -0.2) is 51.9 Å². The van der Waals surface area contributed by atoms with E-state index in [2.05, 4.69) is 27.4 Å². The first-order valence-electron chi connectivity index (χ1n) is 10.7. The SMILES string of the molecule is O=C(CCc1nc2sc3c(c2c(=O)[nH]1)CCCC3)N1CCN(Cc2cccs2)CC1. The van der Waals surface area contributed by atoms with E-state index >= 15 is 0 Å². The van der Waals surface area contributed by atoms with Gasteiger partial charge in [0.25, 0.3) is 5.56 Å². The largest absolute Gasteiger partial charge is 0.340 e. The van der Waals surface area contributed by atoms with Crippen LogP contribution in [0.5, 0.6) is 0 Å². The molecule has 1 aliphatic heterocycles. The molecule has 0 unspecified atom stereocenters. The monoisotopic (exact) mass is 442 g/mol. The van der Waals surface area contributed by atoms with Gasteiger partial charge in [0, 0.05) is 55.3 Å². The summed E-state index contributed by atoms with van der Waals surface area (Å²) in [7, 11) is 0. The maximum Gasteiger partial charge on any atom is 0.259 e. The molecule has 0 bridgehead atoms. The molecule has 8 heteroatoms. The number of aromatic nitrogens is 2. The van der Waals surface area contributed by atoms with Gasteiger partial charge in [-0.3, -0.25) is 14.5 Å². The fourth-order valence-corrected chi connectivity index (χ4v) is 6.52. The van der Waals surface area contributed by atoms with Gasteiger partial charge in [-0.05, 0) is 42.7 Å². The second-order valence-electron chi connectivity index (χ2n) is 8.14. The van der Waals surface area contributed by atoms with Crippen LogP contribution in [-0.2, 0) is 30.6 Å². The molecule has 158 valence electrons. The van der Waals surface area contributed by atoms with Gasteiger partial charge in [-0.2, -0.15) is 0 Å². The molecule has 0 spiro atoms. The molecule has 1 fully saturated rings. The number of carbonyl (C=O) groups excluding carboxylic acids is 1. The normalized spacial score (nSPS) is 17.4. The number of aromatic amines is 1. The second-order valence-corrected chi connectivity index (χ2v) is 10.3. The number of hydrogen-bond donors (Lipinski definition) is 1. The highest BCUT2D eigenvalue weighted by molar-refractivity contribution is 7.18. The van der Waals surface area contributed by atoms with Crippen LogP contribution in [0.25, 0.3) is 10.2 Å². The molecule has 0 radical (unpaired) electrons. The van der Waals surface area contributed by atoms with Crippen molar-refractivity contribution in [2.75, 3.05) is 26.2 Å².